The molecule has 0 rings (SSSR count). The van der Waals surface area contributed by atoms with Crippen LogP contribution >= 0.6 is 0 Å². The van der Waals surface area contributed by atoms with E-state index < -0.39 is 23.0 Å². The summed E-state index contributed by atoms with van der Waals surface area (Å²) in [6.45, 7) is 8.81. The van der Waals surface area contributed by atoms with Gasteiger partial charge in [0, 0.05) is 5.54 Å². The van der Waals surface area contributed by atoms with Gasteiger partial charge in [-0.3, -0.25) is 4.79 Å². The number of carbonyl (C=O) groups is 2. The lowest BCUT2D eigenvalue weighted by Gasteiger charge is -2.37. The van der Waals surface area contributed by atoms with Crippen LogP contribution in [0.2, 0.25) is 0 Å². The van der Waals surface area contributed by atoms with E-state index in [0.29, 0.717) is 12.8 Å². The molecule has 0 aliphatic carbocycles. The summed E-state index contributed by atoms with van der Waals surface area (Å²) >= 11 is 0. The zero-order chi connectivity index (χ0) is 13.9. The van der Waals surface area contributed by atoms with Crippen molar-refractivity contribution in [2.75, 3.05) is 0 Å². The fraction of sp³-hybridized carbons (Fsp3) is 0.833. The van der Waals surface area contributed by atoms with Crippen molar-refractivity contribution in [2.45, 2.75) is 59.0 Å². The Bertz CT molecular complexity index is 293. The van der Waals surface area contributed by atoms with Crippen LogP contribution in [-0.2, 0) is 9.59 Å². The Morgan fingerprint density at radius 3 is 2.06 bits per heavy atom. The van der Waals surface area contributed by atoms with E-state index in [1.165, 1.54) is 0 Å². The number of nitrogens with two attached hydrogens (primary N) is 1. The van der Waals surface area contributed by atoms with E-state index in [1.807, 2.05) is 6.92 Å². The standard InChI is InChI=1S/C12H24N2O3/c1-6-7-8(9(15)16)14-10(17)11(2,3)12(4,5)13/h8H,6-7,13H2,1-5H3,(H,14,17)(H,15,16)/t8-/m1/s1. The summed E-state index contributed by atoms with van der Waals surface area (Å²) in [4.78, 5) is 23.0. The number of amides is 1. The maximum absolute atomic E-state index is 12.0. The van der Waals surface area contributed by atoms with Gasteiger partial charge in [-0.05, 0) is 34.1 Å². The minimum absolute atomic E-state index is 0.328. The Balaban J connectivity index is 4.78. The third kappa shape index (κ3) is 4.00. The number of hydrogen-bond donors (Lipinski definition) is 3. The quantitative estimate of drug-likeness (QED) is 0.652. The predicted octanol–water partition coefficient (Wildman–Crippen LogP) is 1.12. The predicted molar refractivity (Wildman–Crippen MR) is 66.5 cm³/mol. The van der Waals surface area contributed by atoms with Crippen LogP contribution in [0.5, 0.6) is 0 Å². The van der Waals surface area contributed by atoms with Crippen LogP contribution in [0.3, 0.4) is 0 Å². The molecule has 5 heteroatoms. The molecule has 5 nitrogen and oxygen atoms in total. The van der Waals surface area contributed by atoms with E-state index in [0.717, 1.165) is 0 Å². The van der Waals surface area contributed by atoms with Crippen LogP contribution in [0.25, 0.3) is 0 Å². The Morgan fingerprint density at radius 2 is 1.76 bits per heavy atom. The van der Waals surface area contributed by atoms with Crippen molar-refractivity contribution in [3.05, 3.63) is 0 Å². The van der Waals surface area contributed by atoms with Gasteiger partial charge >= 0.3 is 5.97 Å². The topological polar surface area (TPSA) is 92.4 Å². The van der Waals surface area contributed by atoms with Gasteiger partial charge in [0.05, 0.1) is 5.41 Å². The minimum Gasteiger partial charge on any atom is -0.480 e. The van der Waals surface area contributed by atoms with E-state index in [9.17, 15) is 9.59 Å². The van der Waals surface area contributed by atoms with E-state index in [-0.39, 0.29) is 5.91 Å². The molecular formula is C12H24N2O3. The molecule has 4 N–H and O–H groups in total. The van der Waals surface area contributed by atoms with Crippen molar-refractivity contribution in [1.82, 2.24) is 5.32 Å². The van der Waals surface area contributed by atoms with Crippen LogP contribution in [0, 0.1) is 5.41 Å². The van der Waals surface area contributed by atoms with Crippen molar-refractivity contribution >= 4 is 11.9 Å². The van der Waals surface area contributed by atoms with Gasteiger partial charge < -0.3 is 16.2 Å². The number of nitrogens with one attached hydrogen (secondary N) is 1. The van der Waals surface area contributed by atoms with Crippen LogP contribution in [0.4, 0.5) is 0 Å². The minimum atomic E-state index is -1.01. The molecule has 0 bridgehead atoms. The second-order valence-electron chi connectivity index (χ2n) is 5.50. The summed E-state index contributed by atoms with van der Waals surface area (Å²) < 4.78 is 0. The molecule has 0 heterocycles. The van der Waals surface area contributed by atoms with Crippen LogP contribution in [-0.4, -0.2) is 28.6 Å². The molecule has 1 amide bonds. The molecule has 1 atom stereocenters. The van der Waals surface area contributed by atoms with Crippen molar-refractivity contribution in [3.8, 4) is 0 Å². The van der Waals surface area contributed by atoms with Gasteiger partial charge in [0.25, 0.3) is 0 Å². The largest absolute Gasteiger partial charge is 0.480 e. The molecule has 0 aliphatic rings. The lowest BCUT2D eigenvalue weighted by Crippen LogP contribution is -2.58. The molecule has 0 spiro atoms. The Hall–Kier alpha value is -1.10. The maximum Gasteiger partial charge on any atom is 0.326 e. The third-order valence-corrected chi connectivity index (χ3v) is 3.36. The van der Waals surface area contributed by atoms with Crippen LogP contribution in [0.1, 0.15) is 47.5 Å². The highest BCUT2D eigenvalue weighted by molar-refractivity contribution is 5.87. The molecule has 0 aromatic carbocycles. The van der Waals surface area contributed by atoms with Gasteiger partial charge in [-0.15, -0.1) is 0 Å². The molecule has 0 radical (unpaired) electrons. The lowest BCUT2D eigenvalue weighted by atomic mass is 9.74. The van der Waals surface area contributed by atoms with E-state index in [4.69, 9.17) is 10.8 Å². The number of carbonyl (C=O) groups excluding carboxylic acids is 1. The fourth-order valence-electron chi connectivity index (χ4n) is 1.18. The first-order valence-corrected chi connectivity index (χ1v) is 5.86. The summed E-state index contributed by atoms with van der Waals surface area (Å²) in [6, 6.07) is -0.839. The zero-order valence-corrected chi connectivity index (χ0v) is 11.3. The van der Waals surface area contributed by atoms with Crippen molar-refractivity contribution in [2.24, 2.45) is 11.1 Å². The molecular weight excluding hydrogens is 220 g/mol. The highest BCUT2D eigenvalue weighted by Crippen LogP contribution is 2.28. The maximum atomic E-state index is 12.0. The van der Waals surface area contributed by atoms with Gasteiger partial charge in [-0.2, -0.15) is 0 Å². The first kappa shape index (κ1) is 15.9. The van der Waals surface area contributed by atoms with Crippen molar-refractivity contribution in [3.63, 3.8) is 0 Å². The van der Waals surface area contributed by atoms with Crippen molar-refractivity contribution < 1.29 is 14.7 Å². The summed E-state index contributed by atoms with van der Waals surface area (Å²) in [5, 5.41) is 11.5. The Kier molecular flexibility index (Phi) is 5.13. The molecule has 0 unspecified atom stereocenters. The monoisotopic (exact) mass is 244 g/mol. The van der Waals surface area contributed by atoms with Crippen LogP contribution < -0.4 is 11.1 Å². The van der Waals surface area contributed by atoms with Crippen LogP contribution in [0.15, 0.2) is 0 Å². The number of carboxylic acids is 1. The van der Waals surface area contributed by atoms with Gasteiger partial charge in [0.2, 0.25) is 5.91 Å². The van der Waals surface area contributed by atoms with Gasteiger partial charge in [0.15, 0.2) is 0 Å². The number of carboxylic acid groups (broad SMARTS) is 1. The smallest absolute Gasteiger partial charge is 0.326 e. The number of aliphatic carboxylic acids is 1. The molecule has 17 heavy (non-hydrogen) atoms. The van der Waals surface area contributed by atoms with E-state index >= 15 is 0 Å². The molecule has 0 saturated heterocycles. The average Bonchev–Trinajstić information content (AvgIpc) is 2.14. The molecule has 0 aromatic rings. The normalized spacial score (nSPS) is 14.2. The molecule has 0 aliphatic heterocycles. The number of hydrogen-bond acceptors (Lipinski definition) is 3. The van der Waals surface area contributed by atoms with E-state index in [2.05, 4.69) is 5.32 Å². The van der Waals surface area contributed by atoms with Gasteiger partial charge in [0.1, 0.15) is 6.04 Å². The van der Waals surface area contributed by atoms with Crippen molar-refractivity contribution in [1.29, 1.82) is 0 Å². The summed E-state index contributed by atoms with van der Waals surface area (Å²) in [6.07, 6.45) is 1.12. The van der Waals surface area contributed by atoms with E-state index in [1.54, 1.807) is 27.7 Å². The molecule has 0 fully saturated rings. The summed E-state index contributed by atoms with van der Waals surface area (Å²) in [7, 11) is 0. The average molecular weight is 244 g/mol. The third-order valence-electron chi connectivity index (χ3n) is 3.36. The number of rotatable bonds is 6. The first-order valence-electron chi connectivity index (χ1n) is 5.86. The van der Waals surface area contributed by atoms with Gasteiger partial charge in [-0.25, -0.2) is 4.79 Å². The highest BCUT2D eigenvalue weighted by Gasteiger charge is 2.41. The summed E-state index contributed by atoms with van der Waals surface area (Å²) in [5.41, 5.74) is 4.39. The van der Waals surface area contributed by atoms with Gasteiger partial charge in [-0.1, -0.05) is 13.3 Å². The fourth-order valence-corrected chi connectivity index (χ4v) is 1.18. The second kappa shape index (κ2) is 5.49. The summed E-state index contributed by atoms with van der Waals surface area (Å²) in [5.74, 6) is -1.34. The Morgan fingerprint density at radius 1 is 1.29 bits per heavy atom. The lowest BCUT2D eigenvalue weighted by molar-refractivity contribution is -0.144. The SMILES string of the molecule is CCC[C@@H](NC(=O)C(C)(C)C(C)(C)N)C(=O)O. The Labute approximate surface area is 103 Å². The second-order valence-corrected chi connectivity index (χ2v) is 5.50. The molecule has 100 valence electrons. The molecule has 0 saturated carbocycles. The highest BCUT2D eigenvalue weighted by atomic mass is 16.4. The molecule has 0 aromatic heterocycles. The first-order chi connectivity index (χ1) is 7.54. The zero-order valence-electron chi connectivity index (χ0n) is 11.3.